The Morgan fingerprint density at radius 2 is 1.86 bits per heavy atom. The fourth-order valence-electron chi connectivity index (χ4n) is 4.73. The molecule has 1 amide bonds. The number of fused-ring (bicyclic) bond motifs is 1. The number of nitriles is 2. The van der Waals surface area contributed by atoms with Gasteiger partial charge in [0.15, 0.2) is 0 Å². The lowest BCUT2D eigenvalue weighted by Gasteiger charge is -2.26. The van der Waals surface area contributed by atoms with Crippen molar-refractivity contribution in [1.29, 1.82) is 10.5 Å². The topological polar surface area (TPSA) is 135 Å². The van der Waals surface area contributed by atoms with Crippen LogP contribution in [-0.2, 0) is 11.8 Å². The molecular formula is C31H33N9O2. The zero-order valence-electron chi connectivity index (χ0n) is 24.6. The minimum Gasteiger partial charge on any atom is -0.494 e. The number of aromatic nitrogens is 3. The first-order valence-corrected chi connectivity index (χ1v) is 13.2. The second kappa shape index (κ2) is 12.4. The van der Waals surface area contributed by atoms with E-state index in [1.165, 1.54) is 12.3 Å². The van der Waals surface area contributed by atoms with Gasteiger partial charge < -0.3 is 29.7 Å². The monoisotopic (exact) mass is 563 g/mol. The fourth-order valence-corrected chi connectivity index (χ4v) is 4.73. The summed E-state index contributed by atoms with van der Waals surface area (Å²) in [6.07, 6.45) is 4.61. The van der Waals surface area contributed by atoms with Crippen LogP contribution < -0.4 is 20.3 Å². The van der Waals surface area contributed by atoms with Gasteiger partial charge in [0, 0.05) is 50.4 Å². The van der Waals surface area contributed by atoms with Gasteiger partial charge in [0.05, 0.1) is 52.7 Å². The molecule has 2 N–H and O–H groups in total. The lowest BCUT2D eigenvalue weighted by atomic mass is 10.0. The zero-order chi connectivity index (χ0) is 30.6. The summed E-state index contributed by atoms with van der Waals surface area (Å²) in [6, 6.07) is 11.7. The number of hydrogen-bond acceptors (Lipinski definition) is 9. The number of methoxy groups -OCH3 is 1. The number of nitrogens with zero attached hydrogens (tertiary/aromatic N) is 7. The third kappa shape index (κ3) is 6.02. The summed E-state index contributed by atoms with van der Waals surface area (Å²) in [5, 5.41) is 26.7. The van der Waals surface area contributed by atoms with Crippen LogP contribution in [-0.4, -0.2) is 66.7 Å². The Kier molecular flexibility index (Phi) is 8.75. The molecule has 0 saturated heterocycles. The van der Waals surface area contributed by atoms with E-state index in [1.807, 2.05) is 62.9 Å². The predicted molar refractivity (Wildman–Crippen MR) is 165 cm³/mol. The Morgan fingerprint density at radius 1 is 1.12 bits per heavy atom. The maximum absolute atomic E-state index is 12.3. The van der Waals surface area contributed by atoms with Crippen LogP contribution >= 0.6 is 0 Å². The number of nitrogens with one attached hydrogen (secondary N) is 2. The van der Waals surface area contributed by atoms with Crippen LogP contribution in [0.5, 0.6) is 5.75 Å². The van der Waals surface area contributed by atoms with E-state index in [0.717, 1.165) is 28.7 Å². The Balaban J connectivity index is 1.80. The van der Waals surface area contributed by atoms with Gasteiger partial charge in [0.1, 0.15) is 17.9 Å². The molecule has 0 aliphatic carbocycles. The van der Waals surface area contributed by atoms with Crippen molar-refractivity contribution in [2.75, 3.05) is 56.9 Å². The highest BCUT2D eigenvalue weighted by Gasteiger charge is 2.19. The van der Waals surface area contributed by atoms with E-state index in [2.05, 4.69) is 44.2 Å². The molecule has 4 rings (SSSR count). The van der Waals surface area contributed by atoms with E-state index in [1.54, 1.807) is 19.2 Å². The molecule has 0 fully saturated rings. The van der Waals surface area contributed by atoms with Gasteiger partial charge in [0.25, 0.3) is 0 Å². The molecular weight excluding hydrogens is 530 g/mol. The number of aryl methyl sites for hydroxylation is 2. The molecule has 2 heterocycles. The highest BCUT2D eigenvalue weighted by molar-refractivity contribution is 6.02. The van der Waals surface area contributed by atoms with E-state index >= 15 is 0 Å². The molecule has 11 heteroatoms. The van der Waals surface area contributed by atoms with Gasteiger partial charge in [-0.2, -0.15) is 10.5 Å². The van der Waals surface area contributed by atoms with Gasteiger partial charge in [-0.1, -0.05) is 6.58 Å². The Hall–Kier alpha value is -5.39. The summed E-state index contributed by atoms with van der Waals surface area (Å²) in [4.78, 5) is 25.4. The Morgan fingerprint density at radius 3 is 2.50 bits per heavy atom. The second-order valence-electron chi connectivity index (χ2n) is 10.1. The highest BCUT2D eigenvalue weighted by atomic mass is 16.5. The molecule has 2 aromatic carbocycles. The van der Waals surface area contributed by atoms with Crippen LogP contribution in [0, 0.1) is 29.6 Å². The first-order valence-electron chi connectivity index (χ1n) is 13.2. The molecule has 0 spiro atoms. The van der Waals surface area contributed by atoms with Gasteiger partial charge in [0.2, 0.25) is 11.9 Å². The van der Waals surface area contributed by atoms with Crippen molar-refractivity contribution in [2.24, 2.45) is 7.05 Å². The highest BCUT2D eigenvalue weighted by Crippen LogP contribution is 2.38. The van der Waals surface area contributed by atoms with Crippen molar-refractivity contribution in [2.45, 2.75) is 6.92 Å². The van der Waals surface area contributed by atoms with Crippen molar-refractivity contribution in [3.63, 3.8) is 0 Å². The fraction of sp³-hybridized carbons (Fsp3) is 0.258. The van der Waals surface area contributed by atoms with E-state index in [9.17, 15) is 15.3 Å². The molecule has 4 aromatic rings. The summed E-state index contributed by atoms with van der Waals surface area (Å²) in [5.74, 6) is 0.353. The van der Waals surface area contributed by atoms with Gasteiger partial charge in [-0.25, -0.2) is 9.97 Å². The number of rotatable bonds is 10. The molecule has 0 bridgehead atoms. The SMILES string of the molecule is C=CC(=O)Nc1cc(Nc2ncc(C#N)c(-c3cc(C#N)c4c(c3)c(C)cn4C)n2)c(OC)cc1N(C)CCN(C)C. The molecule has 0 saturated carbocycles. The zero-order valence-corrected chi connectivity index (χ0v) is 24.6. The first-order chi connectivity index (χ1) is 20.1. The van der Waals surface area contributed by atoms with Crippen molar-refractivity contribution >= 4 is 39.8 Å². The Bertz CT molecular complexity index is 1760. The number of amides is 1. The smallest absolute Gasteiger partial charge is 0.247 e. The van der Waals surface area contributed by atoms with E-state index < -0.39 is 0 Å². The number of carbonyl (C=O) groups is 1. The number of hydrogen-bond donors (Lipinski definition) is 2. The van der Waals surface area contributed by atoms with Gasteiger partial charge >= 0.3 is 0 Å². The van der Waals surface area contributed by atoms with Crippen LogP contribution in [0.4, 0.5) is 23.0 Å². The number of likely N-dealkylation sites (N-methyl/N-ethyl adjacent to an activating group) is 2. The number of carbonyl (C=O) groups excluding carboxylic acids is 1. The summed E-state index contributed by atoms with van der Waals surface area (Å²) in [6.45, 7) is 7.05. The minimum atomic E-state index is -0.356. The van der Waals surface area contributed by atoms with Crippen molar-refractivity contribution in [1.82, 2.24) is 19.4 Å². The number of ether oxygens (including phenoxy) is 1. The van der Waals surface area contributed by atoms with E-state index in [4.69, 9.17) is 4.74 Å². The van der Waals surface area contributed by atoms with Crippen LogP contribution in [0.2, 0.25) is 0 Å². The van der Waals surface area contributed by atoms with Crippen molar-refractivity contribution in [3.05, 3.63) is 66.0 Å². The molecule has 42 heavy (non-hydrogen) atoms. The summed E-state index contributed by atoms with van der Waals surface area (Å²) in [5.41, 5.74) is 5.38. The molecule has 11 nitrogen and oxygen atoms in total. The van der Waals surface area contributed by atoms with Gasteiger partial charge in [-0.3, -0.25) is 4.79 Å². The molecule has 0 aliphatic rings. The average Bonchev–Trinajstić information content (AvgIpc) is 3.28. The normalized spacial score (nSPS) is 10.7. The van der Waals surface area contributed by atoms with Crippen LogP contribution in [0.3, 0.4) is 0 Å². The van der Waals surface area contributed by atoms with Crippen LogP contribution in [0.1, 0.15) is 16.7 Å². The third-order valence-corrected chi connectivity index (χ3v) is 6.88. The van der Waals surface area contributed by atoms with Crippen molar-refractivity contribution < 1.29 is 9.53 Å². The van der Waals surface area contributed by atoms with Crippen LogP contribution in [0.15, 0.2) is 49.3 Å². The largest absolute Gasteiger partial charge is 0.494 e. The van der Waals surface area contributed by atoms with Crippen molar-refractivity contribution in [3.8, 4) is 29.1 Å². The summed E-state index contributed by atoms with van der Waals surface area (Å²) < 4.78 is 7.61. The van der Waals surface area contributed by atoms with Crippen LogP contribution in [0.25, 0.3) is 22.2 Å². The molecule has 0 radical (unpaired) electrons. The predicted octanol–water partition coefficient (Wildman–Crippen LogP) is 4.56. The summed E-state index contributed by atoms with van der Waals surface area (Å²) >= 11 is 0. The molecule has 214 valence electrons. The first kappa shape index (κ1) is 29.6. The second-order valence-corrected chi connectivity index (χ2v) is 10.1. The number of anilines is 4. The third-order valence-electron chi connectivity index (χ3n) is 6.88. The molecule has 2 aromatic heterocycles. The van der Waals surface area contributed by atoms with Gasteiger partial charge in [-0.05, 0) is 50.9 Å². The Labute approximate surface area is 245 Å². The number of benzene rings is 2. The van der Waals surface area contributed by atoms with Gasteiger partial charge in [-0.15, -0.1) is 0 Å². The quantitative estimate of drug-likeness (QED) is 0.266. The lowest BCUT2D eigenvalue weighted by molar-refractivity contribution is -0.111. The molecule has 0 atom stereocenters. The lowest BCUT2D eigenvalue weighted by Crippen LogP contribution is -2.29. The average molecular weight is 564 g/mol. The maximum Gasteiger partial charge on any atom is 0.247 e. The van der Waals surface area contributed by atoms with E-state index in [0.29, 0.717) is 40.5 Å². The minimum absolute atomic E-state index is 0.209. The van der Waals surface area contributed by atoms with E-state index in [-0.39, 0.29) is 17.4 Å². The maximum atomic E-state index is 12.3. The molecule has 0 aliphatic heterocycles. The molecule has 0 unspecified atom stereocenters. The summed E-state index contributed by atoms with van der Waals surface area (Å²) in [7, 11) is 9.37. The standard InChI is InChI=1S/C31H33N9O2/c1-8-28(41)35-24-13-25(27(42-7)14-26(24)39(5)10-9-38(3)4)36-31-34-17-22(16-33)29(37-31)20-11-21(15-32)30-23(12-20)19(2)18-40(30)6/h8,11-14,17-18H,1,9-10H2,2-7H3,(H,35,41)(H,34,36,37).